The smallest absolute Gasteiger partial charge is 0.0917 e. The lowest BCUT2D eigenvalue weighted by molar-refractivity contribution is 0.176. The predicted molar refractivity (Wildman–Crippen MR) is 104 cm³/mol. The molecule has 0 aliphatic heterocycles. The Kier molecular flexibility index (Phi) is 4.22. The van der Waals surface area contributed by atoms with Crippen LogP contribution in [0.2, 0.25) is 0 Å². The Morgan fingerprint density at radius 2 is 1.04 bits per heavy atom. The minimum Gasteiger partial charge on any atom is -0.387 e. The molecule has 132 valence electrons. The third-order valence-electron chi connectivity index (χ3n) is 6.07. The molecule has 25 heavy (non-hydrogen) atoms. The minimum absolute atomic E-state index is 0.129. The zero-order chi connectivity index (χ0) is 17.9. The lowest BCUT2D eigenvalue weighted by Crippen LogP contribution is -2.19. The lowest BCUT2D eigenvalue weighted by Gasteiger charge is -2.22. The largest absolute Gasteiger partial charge is 0.387 e. The van der Waals surface area contributed by atoms with Gasteiger partial charge in [0.1, 0.15) is 0 Å². The summed E-state index contributed by atoms with van der Waals surface area (Å²) in [5.41, 5.74) is 9.75. The molecule has 0 heterocycles. The van der Waals surface area contributed by atoms with Crippen LogP contribution in [0.1, 0.15) is 56.7 Å². The first-order valence-corrected chi connectivity index (χ1v) is 10.0. The number of rotatable bonds is 2. The first-order valence-electron chi connectivity index (χ1n) is 9.08. The molecule has 4 atom stereocenters. The molecule has 0 amide bonds. The summed E-state index contributed by atoms with van der Waals surface area (Å²) in [5.74, 6) is 0. The lowest BCUT2D eigenvalue weighted by atomic mass is 9.99. The van der Waals surface area contributed by atoms with E-state index in [0.717, 1.165) is 24.0 Å². The topological polar surface area (TPSA) is 40.5 Å². The van der Waals surface area contributed by atoms with Crippen molar-refractivity contribution in [3.8, 4) is 0 Å². The van der Waals surface area contributed by atoms with Gasteiger partial charge in [0.25, 0.3) is 0 Å². The van der Waals surface area contributed by atoms with Crippen molar-refractivity contribution < 1.29 is 10.2 Å². The molecule has 0 bridgehead atoms. The molecule has 3 heteroatoms. The molecule has 2 nitrogen and oxygen atoms in total. The maximum absolute atomic E-state index is 10.9. The van der Waals surface area contributed by atoms with Gasteiger partial charge in [-0.05, 0) is 85.0 Å². The Hall–Kier alpha value is -1.29. The number of thioether (sulfide) groups is 1. The fraction of sp³-hybridized carbons (Fsp3) is 0.455. The number of benzene rings is 2. The molecule has 0 spiro atoms. The van der Waals surface area contributed by atoms with E-state index < -0.39 is 12.2 Å². The standard InChI is InChI=1S/C22H26O2S/c1-11-5-7-13(3)19-15(11)9-17(21(19)23)25-18-10-16-12(2)6-8-14(4)20(16)22(18)24/h5-8,17-18,21-24H,9-10H2,1-4H3. The van der Waals surface area contributed by atoms with E-state index in [0.29, 0.717) is 0 Å². The summed E-state index contributed by atoms with van der Waals surface area (Å²) in [6.07, 6.45) is 0.925. The number of hydrogen-bond acceptors (Lipinski definition) is 3. The Bertz CT molecular complexity index is 773. The maximum Gasteiger partial charge on any atom is 0.0917 e. The van der Waals surface area contributed by atoms with Crippen LogP contribution in [0.4, 0.5) is 0 Å². The van der Waals surface area contributed by atoms with E-state index in [1.54, 1.807) is 11.8 Å². The second-order valence-corrected chi connectivity index (χ2v) is 9.18. The van der Waals surface area contributed by atoms with E-state index in [1.165, 1.54) is 33.4 Å². The van der Waals surface area contributed by atoms with Gasteiger partial charge in [0.05, 0.1) is 12.2 Å². The number of aliphatic hydroxyl groups is 2. The molecule has 0 radical (unpaired) electrons. The van der Waals surface area contributed by atoms with Gasteiger partial charge in [-0.15, -0.1) is 11.8 Å². The van der Waals surface area contributed by atoms with Crippen molar-refractivity contribution in [2.24, 2.45) is 0 Å². The van der Waals surface area contributed by atoms with Crippen molar-refractivity contribution in [2.45, 2.75) is 63.2 Å². The monoisotopic (exact) mass is 354 g/mol. The molecule has 0 fully saturated rings. The van der Waals surface area contributed by atoms with Gasteiger partial charge in [0.2, 0.25) is 0 Å². The van der Waals surface area contributed by atoms with Gasteiger partial charge < -0.3 is 10.2 Å². The number of fused-ring (bicyclic) bond motifs is 2. The summed E-state index contributed by atoms with van der Waals surface area (Å²) in [5, 5.41) is 22.1. The highest BCUT2D eigenvalue weighted by atomic mass is 32.2. The highest BCUT2D eigenvalue weighted by Crippen LogP contribution is 2.48. The summed E-state index contributed by atoms with van der Waals surface area (Å²) in [6, 6.07) is 8.52. The van der Waals surface area contributed by atoms with Crippen LogP contribution in [0.3, 0.4) is 0 Å². The van der Waals surface area contributed by atoms with E-state index in [4.69, 9.17) is 0 Å². The second-order valence-electron chi connectivity index (χ2n) is 7.69. The first-order chi connectivity index (χ1) is 11.9. The SMILES string of the molecule is Cc1ccc(C)c2c1CC(SC1Cc3c(C)ccc(C)c3C1O)C2O. The third-order valence-corrected chi connectivity index (χ3v) is 7.62. The number of aliphatic hydroxyl groups excluding tert-OH is 2. The van der Waals surface area contributed by atoms with Crippen LogP contribution < -0.4 is 0 Å². The Morgan fingerprint density at radius 1 is 0.680 bits per heavy atom. The average Bonchev–Trinajstić information content (AvgIpc) is 3.08. The molecule has 4 rings (SSSR count). The summed E-state index contributed by atoms with van der Waals surface area (Å²) in [6.45, 7) is 8.43. The molecular formula is C22H26O2S. The van der Waals surface area contributed by atoms with Crippen LogP contribution >= 0.6 is 11.8 Å². The predicted octanol–water partition coefficient (Wildman–Crippen LogP) is 4.27. The Balaban J connectivity index is 1.59. The zero-order valence-corrected chi connectivity index (χ0v) is 16.2. The number of aryl methyl sites for hydroxylation is 4. The molecule has 2 aliphatic rings. The summed E-state index contributed by atoms with van der Waals surface area (Å²) >= 11 is 1.78. The quantitative estimate of drug-likeness (QED) is 0.846. The molecule has 0 aromatic heterocycles. The average molecular weight is 355 g/mol. The van der Waals surface area contributed by atoms with Crippen molar-refractivity contribution in [1.29, 1.82) is 0 Å². The second kappa shape index (κ2) is 6.15. The fourth-order valence-electron chi connectivity index (χ4n) is 4.61. The highest BCUT2D eigenvalue weighted by Gasteiger charge is 2.40. The summed E-state index contributed by atoms with van der Waals surface area (Å²) < 4.78 is 0. The maximum atomic E-state index is 10.9. The minimum atomic E-state index is -0.432. The van der Waals surface area contributed by atoms with Gasteiger partial charge >= 0.3 is 0 Å². The van der Waals surface area contributed by atoms with Crippen molar-refractivity contribution in [2.75, 3.05) is 0 Å². The van der Waals surface area contributed by atoms with Crippen LogP contribution in [0, 0.1) is 27.7 Å². The van der Waals surface area contributed by atoms with E-state index in [-0.39, 0.29) is 10.5 Å². The Labute approximate surface area is 154 Å². The van der Waals surface area contributed by atoms with Crippen molar-refractivity contribution >= 4 is 11.8 Å². The number of hydrogen-bond donors (Lipinski definition) is 2. The molecule has 2 aliphatic carbocycles. The van der Waals surface area contributed by atoms with E-state index >= 15 is 0 Å². The van der Waals surface area contributed by atoms with E-state index in [9.17, 15) is 10.2 Å². The van der Waals surface area contributed by atoms with Crippen LogP contribution in [-0.2, 0) is 12.8 Å². The molecule has 4 unspecified atom stereocenters. The van der Waals surface area contributed by atoms with E-state index in [1.807, 2.05) is 0 Å². The molecule has 2 aromatic rings. The van der Waals surface area contributed by atoms with Gasteiger partial charge in [-0.3, -0.25) is 0 Å². The van der Waals surface area contributed by atoms with E-state index in [2.05, 4.69) is 52.0 Å². The summed E-state index contributed by atoms with van der Waals surface area (Å²) in [4.78, 5) is 0. The molecule has 2 aromatic carbocycles. The van der Waals surface area contributed by atoms with Crippen molar-refractivity contribution in [1.82, 2.24) is 0 Å². The van der Waals surface area contributed by atoms with Crippen LogP contribution in [0.25, 0.3) is 0 Å². The third kappa shape index (κ3) is 2.64. The van der Waals surface area contributed by atoms with Gasteiger partial charge in [0, 0.05) is 10.5 Å². The van der Waals surface area contributed by atoms with Gasteiger partial charge in [0.15, 0.2) is 0 Å². The van der Waals surface area contributed by atoms with Gasteiger partial charge in [-0.25, -0.2) is 0 Å². The molecule has 0 saturated carbocycles. The van der Waals surface area contributed by atoms with Crippen LogP contribution in [0.5, 0.6) is 0 Å². The van der Waals surface area contributed by atoms with Gasteiger partial charge in [-0.2, -0.15) is 0 Å². The Morgan fingerprint density at radius 3 is 1.40 bits per heavy atom. The van der Waals surface area contributed by atoms with Gasteiger partial charge in [-0.1, -0.05) is 24.3 Å². The van der Waals surface area contributed by atoms with Crippen LogP contribution in [0.15, 0.2) is 24.3 Å². The highest BCUT2D eigenvalue weighted by molar-refractivity contribution is 8.00. The van der Waals surface area contributed by atoms with Crippen molar-refractivity contribution in [3.05, 3.63) is 68.8 Å². The molecule has 2 N–H and O–H groups in total. The zero-order valence-electron chi connectivity index (χ0n) is 15.3. The van der Waals surface area contributed by atoms with Crippen molar-refractivity contribution in [3.63, 3.8) is 0 Å². The fourth-order valence-corrected chi connectivity index (χ4v) is 6.16. The summed E-state index contributed by atoms with van der Waals surface area (Å²) in [7, 11) is 0. The molecular weight excluding hydrogens is 328 g/mol. The first kappa shape index (κ1) is 17.1. The van der Waals surface area contributed by atoms with Crippen LogP contribution in [-0.4, -0.2) is 20.7 Å². The normalized spacial score (nSPS) is 27.4. The molecule has 0 saturated heterocycles.